The summed E-state index contributed by atoms with van der Waals surface area (Å²) in [6.45, 7) is 7.01. The van der Waals surface area contributed by atoms with Crippen LogP contribution in [-0.2, 0) is 0 Å². The van der Waals surface area contributed by atoms with Crippen molar-refractivity contribution < 1.29 is 9.59 Å². The van der Waals surface area contributed by atoms with Crippen molar-refractivity contribution in [2.24, 2.45) is 0 Å². The summed E-state index contributed by atoms with van der Waals surface area (Å²) in [5.41, 5.74) is 3.68. The van der Waals surface area contributed by atoms with Crippen molar-refractivity contribution in [3.8, 4) is 0 Å². The number of H-pyrrole nitrogens is 1. The molecule has 0 unspecified atom stereocenters. The number of aromatic amines is 1. The lowest BCUT2D eigenvalue weighted by Crippen LogP contribution is -2.38. The maximum atomic E-state index is 13.0. The largest absolute Gasteiger partial charge is 0.339 e. The van der Waals surface area contributed by atoms with E-state index in [1.807, 2.05) is 29.2 Å². The molecular formula is C21H27N5O2. The second kappa shape index (κ2) is 7.66. The summed E-state index contributed by atoms with van der Waals surface area (Å²) in [5, 5.41) is 10.4. The van der Waals surface area contributed by atoms with Crippen LogP contribution in [-0.4, -0.2) is 53.2 Å². The molecule has 2 aromatic rings. The number of hydrogen-bond acceptors (Lipinski definition) is 3. The molecule has 2 aliphatic heterocycles. The minimum atomic E-state index is -0.106. The molecule has 28 heavy (non-hydrogen) atoms. The number of anilines is 1. The minimum absolute atomic E-state index is 0.0346. The molecule has 1 aromatic heterocycles. The van der Waals surface area contributed by atoms with Crippen LogP contribution >= 0.6 is 0 Å². The summed E-state index contributed by atoms with van der Waals surface area (Å²) in [5.74, 6) is 0.868. The molecule has 0 bridgehead atoms. The Balaban J connectivity index is 1.40. The van der Waals surface area contributed by atoms with Gasteiger partial charge in [-0.1, -0.05) is 19.9 Å². The smallest absolute Gasteiger partial charge is 0.321 e. The van der Waals surface area contributed by atoms with Gasteiger partial charge in [0.05, 0.1) is 5.69 Å². The first-order valence-electron chi connectivity index (χ1n) is 10.0. The van der Waals surface area contributed by atoms with E-state index in [2.05, 4.69) is 35.4 Å². The zero-order valence-electron chi connectivity index (χ0n) is 16.4. The molecule has 0 radical (unpaired) electrons. The third kappa shape index (κ3) is 3.61. The van der Waals surface area contributed by atoms with E-state index in [-0.39, 0.29) is 11.9 Å². The predicted octanol–water partition coefficient (Wildman–Crippen LogP) is 3.08. The van der Waals surface area contributed by atoms with Crippen molar-refractivity contribution in [3.05, 3.63) is 47.3 Å². The number of carbonyl (C=O) groups excluding carboxylic acids is 2. The van der Waals surface area contributed by atoms with Gasteiger partial charge in [0, 0.05) is 49.0 Å². The van der Waals surface area contributed by atoms with Crippen molar-refractivity contribution in [2.45, 2.75) is 38.5 Å². The molecule has 2 N–H and O–H groups in total. The fraction of sp³-hybridized carbons (Fsp3) is 0.476. The highest BCUT2D eigenvalue weighted by atomic mass is 16.2. The van der Waals surface area contributed by atoms with Gasteiger partial charge in [-0.25, -0.2) is 4.79 Å². The van der Waals surface area contributed by atoms with Crippen LogP contribution in [0, 0.1) is 0 Å². The molecule has 1 aromatic carbocycles. The second-order valence-corrected chi connectivity index (χ2v) is 7.90. The second-order valence-electron chi connectivity index (χ2n) is 7.90. The first kappa shape index (κ1) is 18.5. The van der Waals surface area contributed by atoms with E-state index in [0.717, 1.165) is 37.3 Å². The molecule has 0 saturated carbocycles. The number of rotatable bonds is 4. The first-order chi connectivity index (χ1) is 13.5. The highest BCUT2D eigenvalue weighted by molar-refractivity contribution is 5.98. The third-order valence-electron chi connectivity index (χ3n) is 5.69. The SMILES string of the molecule is CC(C)c1cc(C2CCN(C(=O)c3cccc(N4CCNC4=O)c3)CC2)[nH]n1. The van der Waals surface area contributed by atoms with Crippen LogP contribution in [0.5, 0.6) is 0 Å². The van der Waals surface area contributed by atoms with Gasteiger partial charge < -0.3 is 10.2 Å². The predicted molar refractivity (Wildman–Crippen MR) is 108 cm³/mol. The zero-order chi connectivity index (χ0) is 19.7. The number of hydrogen-bond donors (Lipinski definition) is 2. The van der Waals surface area contributed by atoms with Crippen LogP contribution in [0.25, 0.3) is 0 Å². The zero-order valence-corrected chi connectivity index (χ0v) is 16.4. The molecule has 2 fully saturated rings. The highest BCUT2D eigenvalue weighted by Gasteiger charge is 2.27. The monoisotopic (exact) mass is 381 g/mol. The molecule has 2 aliphatic rings. The summed E-state index contributed by atoms with van der Waals surface area (Å²) < 4.78 is 0. The van der Waals surface area contributed by atoms with Gasteiger partial charge in [0.15, 0.2) is 0 Å². The van der Waals surface area contributed by atoms with Crippen LogP contribution in [0.1, 0.15) is 60.3 Å². The van der Waals surface area contributed by atoms with Gasteiger partial charge in [-0.2, -0.15) is 5.10 Å². The lowest BCUT2D eigenvalue weighted by molar-refractivity contribution is 0.0712. The van der Waals surface area contributed by atoms with Crippen LogP contribution in [0.3, 0.4) is 0 Å². The molecule has 3 amide bonds. The van der Waals surface area contributed by atoms with Gasteiger partial charge in [-0.3, -0.25) is 14.8 Å². The molecule has 3 heterocycles. The van der Waals surface area contributed by atoms with Crippen molar-refractivity contribution in [2.75, 3.05) is 31.1 Å². The Hall–Kier alpha value is -2.83. The summed E-state index contributed by atoms with van der Waals surface area (Å²) >= 11 is 0. The molecular weight excluding hydrogens is 354 g/mol. The quantitative estimate of drug-likeness (QED) is 0.854. The highest BCUT2D eigenvalue weighted by Crippen LogP contribution is 2.29. The standard InChI is InChI=1S/C21H27N5O2/c1-14(2)18-13-19(24-23-18)15-6-9-25(10-7-15)20(27)16-4-3-5-17(12-16)26-11-8-22-21(26)28/h3-5,12-15H,6-11H2,1-2H3,(H,22,28)(H,23,24). The molecule has 7 nitrogen and oxygen atoms in total. The van der Waals surface area contributed by atoms with Crippen LogP contribution in [0.15, 0.2) is 30.3 Å². The van der Waals surface area contributed by atoms with E-state index in [0.29, 0.717) is 30.5 Å². The number of nitrogens with one attached hydrogen (secondary N) is 2. The Morgan fingerprint density at radius 3 is 2.61 bits per heavy atom. The summed E-state index contributed by atoms with van der Waals surface area (Å²) in [7, 11) is 0. The van der Waals surface area contributed by atoms with Gasteiger partial charge >= 0.3 is 6.03 Å². The summed E-state index contributed by atoms with van der Waals surface area (Å²) in [6.07, 6.45) is 1.86. The Morgan fingerprint density at radius 2 is 1.96 bits per heavy atom. The number of benzene rings is 1. The van der Waals surface area contributed by atoms with Crippen molar-refractivity contribution in [1.82, 2.24) is 20.4 Å². The first-order valence-corrected chi connectivity index (χ1v) is 10.0. The molecule has 0 aliphatic carbocycles. The number of carbonyl (C=O) groups is 2. The van der Waals surface area contributed by atoms with Gasteiger partial charge in [-0.05, 0) is 43.0 Å². The summed E-state index contributed by atoms with van der Waals surface area (Å²) in [4.78, 5) is 28.4. The maximum absolute atomic E-state index is 13.0. The normalized spacial score (nSPS) is 18.0. The Kier molecular flexibility index (Phi) is 5.07. The molecule has 0 atom stereocenters. The van der Waals surface area contributed by atoms with Gasteiger partial charge in [0.1, 0.15) is 0 Å². The van der Waals surface area contributed by atoms with Crippen molar-refractivity contribution in [1.29, 1.82) is 0 Å². The van der Waals surface area contributed by atoms with Crippen molar-refractivity contribution in [3.63, 3.8) is 0 Å². The lowest BCUT2D eigenvalue weighted by Gasteiger charge is -2.31. The van der Waals surface area contributed by atoms with E-state index in [9.17, 15) is 9.59 Å². The van der Waals surface area contributed by atoms with E-state index in [1.54, 1.807) is 4.90 Å². The fourth-order valence-electron chi connectivity index (χ4n) is 3.96. The number of urea groups is 1. The number of likely N-dealkylation sites (tertiary alicyclic amines) is 1. The van der Waals surface area contributed by atoms with E-state index >= 15 is 0 Å². The Bertz CT molecular complexity index is 867. The van der Waals surface area contributed by atoms with Crippen LogP contribution in [0.4, 0.5) is 10.5 Å². The van der Waals surface area contributed by atoms with Gasteiger partial charge in [0.25, 0.3) is 5.91 Å². The Labute approximate surface area is 165 Å². The molecule has 7 heteroatoms. The number of nitrogens with zero attached hydrogens (tertiary/aromatic N) is 3. The number of amides is 3. The lowest BCUT2D eigenvalue weighted by atomic mass is 9.92. The fourth-order valence-corrected chi connectivity index (χ4v) is 3.96. The Morgan fingerprint density at radius 1 is 1.18 bits per heavy atom. The van der Waals surface area contributed by atoms with E-state index < -0.39 is 0 Å². The summed E-state index contributed by atoms with van der Waals surface area (Å²) in [6, 6.07) is 9.43. The average Bonchev–Trinajstić information content (AvgIpc) is 3.37. The minimum Gasteiger partial charge on any atom is -0.339 e. The van der Waals surface area contributed by atoms with Crippen LogP contribution < -0.4 is 10.2 Å². The third-order valence-corrected chi connectivity index (χ3v) is 5.69. The molecule has 148 valence electrons. The van der Waals surface area contributed by atoms with Crippen molar-refractivity contribution >= 4 is 17.6 Å². The molecule has 2 saturated heterocycles. The number of aromatic nitrogens is 2. The average molecular weight is 381 g/mol. The topological polar surface area (TPSA) is 81.3 Å². The molecule has 4 rings (SSSR count). The van der Waals surface area contributed by atoms with Gasteiger partial charge in [0.2, 0.25) is 0 Å². The van der Waals surface area contributed by atoms with Crippen LogP contribution in [0.2, 0.25) is 0 Å². The maximum Gasteiger partial charge on any atom is 0.321 e. The molecule has 0 spiro atoms. The van der Waals surface area contributed by atoms with E-state index in [1.165, 1.54) is 5.69 Å². The number of piperidine rings is 1. The van der Waals surface area contributed by atoms with Gasteiger partial charge in [-0.15, -0.1) is 0 Å². The van der Waals surface area contributed by atoms with E-state index in [4.69, 9.17) is 0 Å².